The fourth-order valence-electron chi connectivity index (χ4n) is 1.64. The maximum absolute atomic E-state index is 11.9. The van der Waals surface area contributed by atoms with E-state index in [1.165, 1.54) is 0 Å². The third-order valence-electron chi connectivity index (χ3n) is 2.75. The summed E-state index contributed by atoms with van der Waals surface area (Å²) in [6.45, 7) is 5.93. The van der Waals surface area contributed by atoms with E-state index in [0.717, 1.165) is 12.5 Å². The number of primary sulfonamides is 1. The summed E-state index contributed by atoms with van der Waals surface area (Å²) < 4.78 is 27.5. The standard InChI is InChI=1S/C11H17BrN2O4S/c1-4-7(6(2)3)14-11(15)8-5-9(10(12)18-8)19(13,16)17/h5-7H,4H2,1-3H3,(H,14,15)(H2,13,16,17). The van der Waals surface area contributed by atoms with Gasteiger partial charge in [-0.1, -0.05) is 20.8 Å². The van der Waals surface area contributed by atoms with Crippen LogP contribution in [0.15, 0.2) is 20.0 Å². The Morgan fingerprint density at radius 3 is 2.47 bits per heavy atom. The van der Waals surface area contributed by atoms with Gasteiger partial charge in [0.1, 0.15) is 4.90 Å². The maximum Gasteiger partial charge on any atom is 0.287 e. The molecule has 0 fully saturated rings. The summed E-state index contributed by atoms with van der Waals surface area (Å²) in [6.07, 6.45) is 0.771. The lowest BCUT2D eigenvalue weighted by Crippen LogP contribution is -2.37. The van der Waals surface area contributed by atoms with Crippen molar-refractivity contribution in [2.24, 2.45) is 11.1 Å². The van der Waals surface area contributed by atoms with Gasteiger partial charge in [-0.3, -0.25) is 4.79 Å². The van der Waals surface area contributed by atoms with Crippen molar-refractivity contribution in [3.63, 3.8) is 0 Å². The molecule has 3 N–H and O–H groups in total. The summed E-state index contributed by atoms with van der Waals surface area (Å²) in [7, 11) is -3.92. The van der Waals surface area contributed by atoms with Crippen LogP contribution in [-0.2, 0) is 10.0 Å². The number of carbonyl (C=O) groups is 1. The molecule has 6 nitrogen and oxygen atoms in total. The van der Waals surface area contributed by atoms with E-state index >= 15 is 0 Å². The number of carbonyl (C=O) groups excluding carboxylic acids is 1. The van der Waals surface area contributed by atoms with E-state index in [2.05, 4.69) is 21.2 Å². The first-order chi connectivity index (χ1) is 8.66. The Morgan fingerprint density at radius 2 is 2.11 bits per heavy atom. The highest BCUT2D eigenvalue weighted by atomic mass is 79.9. The largest absolute Gasteiger partial charge is 0.443 e. The normalized spacial score (nSPS) is 13.6. The molecule has 0 bridgehead atoms. The van der Waals surface area contributed by atoms with E-state index in [0.29, 0.717) is 0 Å². The lowest BCUT2D eigenvalue weighted by molar-refractivity contribution is 0.0895. The molecule has 0 aliphatic carbocycles. The Hall–Kier alpha value is -0.860. The van der Waals surface area contributed by atoms with E-state index < -0.39 is 15.9 Å². The first-order valence-corrected chi connectivity index (χ1v) is 8.13. The number of nitrogens with one attached hydrogen (secondary N) is 1. The summed E-state index contributed by atoms with van der Waals surface area (Å²) in [5, 5.41) is 7.78. The van der Waals surface area contributed by atoms with E-state index in [4.69, 9.17) is 9.56 Å². The second-order valence-corrected chi connectivity index (χ2v) is 6.78. The third kappa shape index (κ3) is 4.05. The summed E-state index contributed by atoms with van der Waals surface area (Å²) in [5.74, 6) is -0.281. The van der Waals surface area contributed by atoms with Gasteiger partial charge < -0.3 is 9.73 Å². The maximum atomic E-state index is 11.9. The van der Waals surface area contributed by atoms with Crippen LogP contribution in [-0.4, -0.2) is 20.4 Å². The lowest BCUT2D eigenvalue weighted by atomic mass is 10.0. The first-order valence-electron chi connectivity index (χ1n) is 5.79. The van der Waals surface area contributed by atoms with Crippen LogP contribution in [0.25, 0.3) is 0 Å². The number of halogens is 1. The zero-order valence-electron chi connectivity index (χ0n) is 10.9. The molecule has 0 aliphatic heterocycles. The number of furan rings is 1. The highest BCUT2D eigenvalue weighted by Gasteiger charge is 2.23. The van der Waals surface area contributed by atoms with Gasteiger partial charge >= 0.3 is 0 Å². The van der Waals surface area contributed by atoms with E-state index in [-0.39, 0.29) is 27.3 Å². The van der Waals surface area contributed by atoms with Crippen LogP contribution in [0, 0.1) is 5.92 Å². The highest BCUT2D eigenvalue weighted by molar-refractivity contribution is 9.10. The Balaban J connectivity index is 2.96. The van der Waals surface area contributed by atoms with Crippen molar-refractivity contribution in [1.29, 1.82) is 0 Å². The minimum Gasteiger partial charge on any atom is -0.443 e. The topological polar surface area (TPSA) is 102 Å². The predicted octanol–water partition coefficient (Wildman–Crippen LogP) is 1.85. The van der Waals surface area contributed by atoms with Crippen LogP contribution in [0.3, 0.4) is 0 Å². The van der Waals surface area contributed by atoms with Gasteiger partial charge in [0, 0.05) is 12.1 Å². The monoisotopic (exact) mass is 352 g/mol. The quantitative estimate of drug-likeness (QED) is 0.843. The summed E-state index contributed by atoms with van der Waals surface area (Å²) in [4.78, 5) is 11.7. The van der Waals surface area contributed by atoms with E-state index in [9.17, 15) is 13.2 Å². The van der Waals surface area contributed by atoms with Gasteiger partial charge in [0.25, 0.3) is 5.91 Å². The van der Waals surface area contributed by atoms with Crippen LogP contribution in [0.5, 0.6) is 0 Å². The highest BCUT2D eigenvalue weighted by Crippen LogP contribution is 2.25. The SMILES string of the molecule is CCC(NC(=O)c1cc(S(N)(=O)=O)c(Br)o1)C(C)C. The minimum absolute atomic E-state index is 0.00527. The number of sulfonamides is 1. The molecule has 1 atom stereocenters. The van der Waals surface area contributed by atoms with Gasteiger partial charge in [0.05, 0.1) is 0 Å². The molecular formula is C11H17BrN2O4S. The molecule has 19 heavy (non-hydrogen) atoms. The molecule has 1 heterocycles. The molecule has 1 aromatic heterocycles. The fourth-order valence-corrected chi connectivity index (χ4v) is 3.14. The number of hydrogen-bond acceptors (Lipinski definition) is 4. The van der Waals surface area contributed by atoms with Crippen molar-refractivity contribution in [1.82, 2.24) is 5.32 Å². The van der Waals surface area contributed by atoms with Crippen LogP contribution in [0.4, 0.5) is 0 Å². The van der Waals surface area contributed by atoms with Gasteiger partial charge in [-0.15, -0.1) is 0 Å². The van der Waals surface area contributed by atoms with Crippen LogP contribution < -0.4 is 10.5 Å². The van der Waals surface area contributed by atoms with Crippen molar-refractivity contribution in [3.05, 3.63) is 16.5 Å². The molecule has 1 rings (SSSR count). The number of nitrogens with two attached hydrogens (primary N) is 1. The van der Waals surface area contributed by atoms with Gasteiger partial charge in [-0.2, -0.15) is 0 Å². The Kier molecular flexibility index (Phi) is 5.17. The van der Waals surface area contributed by atoms with E-state index in [1.54, 1.807) is 0 Å². The summed E-state index contributed by atoms with van der Waals surface area (Å²) in [5.41, 5.74) is 0. The number of hydrogen-bond donors (Lipinski definition) is 2. The zero-order valence-corrected chi connectivity index (χ0v) is 13.3. The van der Waals surface area contributed by atoms with Gasteiger partial charge in [-0.25, -0.2) is 13.6 Å². The van der Waals surface area contributed by atoms with Crippen molar-refractivity contribution >= 4 is 31.9 Å². The minimum atomic E-state index is -3.92. The molecule has 0 aliphatic rings. The molecule has 0 radical (unpaired) electrons. The van der Waals surface area contributed by atoms with Crippen LogP contribution >= 0.6 is 15.9 Å². The summed E-state index contributed by atoms with van der Waals surface area (Å²) >= 11 is 2.93. The second kappa shape index (κ2) is 6.06. The lowest BCUT2D eigenvalue weighted by Gasteiger charge is -2.19. The zero-order chi connectivity index (χ0) is 14.8. The van der Waals surface area contributed by atoms with Crippen molar-refractivity contribution < 1.29 is 17.6 Å². The molecule has 0 spiro atoms. The predicted molar refractivity (Wildman–Crippen MR) is 74.2 cm³/mol. The Morgan fingerprint density at radius 1 is 1.53 bits per heavy atom. The van der Waals surface area contributed by atoms with E-state index in [1.807, 2.05) is 20.8 Å². The fraction of sp³-hybridized carbons (Fsp3) is 0.545. The number of rotatable bonds is 5. The van der Waals surface area contributed by atoms with Crippen molar-refractivity contribution in [2.45, 2.75) is 38.1 Å². The van der Waals surface area contributed by atoms with Crippen LogP contribution in [0.2, 0.25) is 0 Å². The Bertz CT molecular complexity index is 565. The smallest absolute Gasteiger partial charge is 0.287 e. The molecule has 0 saturated heterocycles. The molecule has 1 amide bonds. The molecule has 1 aromatic rings. The van der Waals surface area contributed by atoms with Crippen molar-refractivity contribution in [2.75, 3.05) is 0 Å². The summed E-state index contributed by atoms with van der Waals surface area (Å²) in [6, 6.07) is 1.11. The average Bonchev–Trinajstić information content (AvgIpc) is 2.67. The third-order valence-corrected chi connectivity index (χ3v) is 4.51. The average molecular weight is 353 g/mol. The first kappa shape index (κ1) is 16.2. The second-order valence-electron chi connectivity index (χ2n) is 4.53. The molecular weight excluding hydrogens is 336 g/mol. The van der Waals surface area contributed by atoms with Crippen molar-refractivity contribution in [3.8, 4) is 0 Å². The Labute approximate surface area is 120 Å². The molecule has 108 valence electrons. The van der Waals surface area contributed by atoms with Gasteiger partial charge in [0.15, 0.2) is 10.4 Å². The molecule has 0 saturated carbocycles. The number of amides is 1. The molecule has 8 heteroatoms. The van der Waals surface area contributed by atoms with Gasteiger partial charge in [-0.05, 0) is 28.3 Å². The van der Waals surface area contributed by atoms with Gasteiger partial charge in [0.2, 0.25) is 10.0 Å². The molecule has 1 unspecified atom stereocenters. The van der Waals surface area contributed by atoms with Crippen LogP contribution in [0.1, 0.15) is 37.7 Å². The molecule has 0 aromatic carbocycles.